The van der Waals surface area contributed by atoms with Gasteiger partial charge in [0.05, 0.1) is 0 Å². The summed E-state index contributed by atoms with van der Waals surface area (Å²) in [7, 11) is 0. The Morgan fingerprint density at radius 1 is 1.25 bits per heavy atom. The molecule has 0 heterocycles. The van der Waals surface area contributed by atoms with Crippen molar-refractivity contribution in [3.8, 4) is 0 Å². The van der Waals surface area contributed by atoms with Crippen molar-refractivity contribution in [2.24, 2.45) is 5.92 Å². The lowest BCUT2D eigenvalue weighted by Crippen LogP contribution is -2.08. The van der Waals surface area contributed by atoms with Crippen LogP contribution < -0.4 is 0 Å². The second kappa shape index (κ2) is 3.58. The monoisotopic (exact) mass is 212 g/mol. The van der Waals surface area contributed by atoms with E-state index in [0.29, 0.717) is 11.8 Å². The van der Waals surface area contributed by atoms with E-state index in [0.717, 1.165) is 5.92 Å². The van der Waals surface area contributed by atoms with Gasteiger partial charge >= 0.3 is 0 Å². The first-order chi connectivity index (χ1) is 7.75. The van der Waals surface area contributed by atoms with E-state index in [1.54, 1.807) is 18.6 Å². The van der Waals surface area contributed by atoms with Crippen molar-refractivity contribution in [3.05, 3.63) is 47.5 Å². The maximum atomic E-state index is 11.0. The molecule has 1 aromatic rings. The minimum Gasteiger partial charge on any atom is -0.295 e. The maximum absolute atomic E-state index is 11.0. The van der Waals surface area contributed by atoms with Gasteiger partial charge in [-0.05, 0) is 54.7 Å². The van der Waals surface area contributed by atoms with Crippen LogP contribution in [0.25, 0.3) is 0 Å². The van der Waals surface area contributed by atoms with Gasteiger partial charge in [0.15, 0.2) is 5.78 Å². The Balaban J connectivity index is 1.89. The van der Waals surface area contributed by atoms with Gasteiger partial charge in [-0.3, -0.25) is 4.79 Å². The molecule has 0 aromatic heterocycles. The highest BCUT2D eigenvalue weighted by Crippen LogP contribution is 2.56. The van der Waals surface area contributed by atoms with Crippen LogP contribution in [0.1, 0.15) is 42.7 Å². The molecule has 0 N–H and O–H groups in total. The summed E-state index contributed by atoms with van der Waals surface area (Å²) in [6.07, 6.45) is 6.38. The first kappa shape index (κ1) is 9.83. The van der Waals surface area contributed by atoms with E-state index in [1.165, 1.54) is 18.4 Å². The smallest absolute Gasteiger partial charge is 0.152 e. The van der Waals surface area contributed by atoms with Crippen LogP contribution in [0.5, 0.6) is 0 Å². The summed E-state index contributed by atoms with van der Waals surface area (Å²) >= 11 is 0. The Labute approximate surface area is 96.2 Å². The zero-order valence-electron chi connectivity index (χ0n) is 9.52. The summed E-state index contributed by atoms with van der Waals surface area (Å²) in [6, 6.07) is 8.80. The van der Waals surface area contributed by atoms with Gasteiger partial charge in [0.1, 0.15) is 0 Å². The number of carbonyl (C=O) groups excluding carboxylic acids is 1. The van der Waals surface area contributed by atoms with Gasteiger partial charge in [0.2, 0.25) is 0 Å². The lowest BCUT2D eigenvalue weighted by atomic mass is 9.83. The molecule has 0 radical (unpaired) electrons. The number of hydrogen-bond acceptors (Lipinski definition) is 1. The summed E-state index contributed by atoms with van der Waals surface area (Å²) < 4.78 is 0. The highest BCUT2D eigenvalue weighted by Gasteiger charge is 2.42. The maximum Gasteiger partial charge on any atom is 0.152 e. The van der Waals surface area contributed by atoms with Crippen LogP contribution in [-0.4, -0.2) is 5.78 Å². The Bertz CT molecular complexity index is 458. The molecule has 1 aromatic carbocycles. The molecule has 3 atom stereocenters. The predicted molar refractivity (Wildman–Crippen MR) is 64.5 cm³/mol. The van der Waals surface area contributed by atoms with Gasteiger partial charge in [-0.1, -0.05) is 30.3 Å². The van der Waals surface area contributed by atoms with Crippen molar-refractivity contribution in [1.82, 2.24) is 0 Å². The van der Waals surface area contributed by atoms with Crippen LogP contribution in [0.4, 0.5) is 0 Å². The molecule has 0 amide bonds. The second-order valence-electron chi connectivity index (χ2n) is 5.04. The number of fused-ring (bicyclic) bond motifs is 5. The highest BCUT2D eigenvalue weighted by atomic mass is 16.1. The zero-order valence-corrected chi connectivity index (χ0v) is 9.52. The van der Waals surface area contributed by atoms with Crippen LogP contribution in [0.15, 0.2) is 36.4 Å². The molecule has 0 aliphatic heterocycles. The second-order valence-corrected chi connectivity index (χ2v) is 5.04. The third kappa shape index (κ3) is 1.42. The molecule has 2 bridgehead atoms. The van der Waals surface area contributed by atoms with Crippen LogP contribution in [-0.2, 0) is 4.79 Å². The summed E-state index contributed by atoms with van der Waals surface area (Å²) in [5, 5.41) is 0. The van der Waals surface area contributed by atoms with E-state index in [9.17, 15) is 4.79 Å². The van der Waals surface area contributed by atoms with Crippen molar-refractivity contribution in [3.63, 3.8) is 0 Å². The third-order valence-corrected chi connectivity index (χ3v) is 4.03. The van der Waals surface area contributed by atoms with Crippen LogP contribution in [0, 0.1) is 5.92 Å². The Kier molecular flexibility index (Phi) is 2.20. The topological polar surface area (TPSA) is 17.1 Å². The third-order valence-electron chi connectivity index (χ3n) is 4.03. The van der Waals surface area contributed by atoms with Crippen LogP contribution in [0.2, 0.25) is 0 Å². The van der Waals surface area contributed by atoms with Crippen molar-refractivity contribution >= 4 is 5.78 Å². The van der Waals surface area contributed by atoms with Gasteiger partial charge in [-0.2, -0.15) is 0 Å². The van der Waals surface area contributed by atoms with Crippen LogP contribution >= 0.6 is 0 Å². The molecule has 1 nitrogen and oxygen atoms in total. The summed E-state index contributed by atoms with van der Waals surface area (Å²) in [6.45, 7) is 1.62. The van der Waals surface area contributed by atoms with E-state index in [2.05, 4.69) is 30.3 Å². The number of carbonyl (C=O) groups is 1. The number of benzene rings is 1. The quantitative estimate of drug-likeness (QED) is 0.686. The molecule has 1 heteroatoms. The van der Waals surface area contributed by atoms with Crippen molar-refractivity contribution in [2.45, 2.75) is 31.6 Å². The minimum absolute atomic E-state index is 0.163. The molecule has 82 valence electrons. The molecule has 1 saturated carbocycles. The first-order valence-electron chi connectivity index (χ1n) is 6.03. The first-order valence-corrected chi connectivity index (χ1v) is 6.03. The van der Waals surface area contributed by atoms with Crippen molar-refractivity contribution in [1.29, 1.82) is 0 Å². The van der Waals surface area contributed by atoms with Gasteiger partial charge in [-0.25, -0.2) is 0 Å². The van der Waals surface area contributed by atoms with E-state index in [1.807, 2.05) is 0 Å². The summed E-state index contributed by atoms with van der Waals surface area (Å²) in [5.41, 5.74) is 3.08. The predicted octanol–water partition coefficient (Wildman–Crippen LogP) is 3.42. The van der Waals surface area contributed by atoms with Crippen molar-refractivity contribution in [2.75, 3.05) is 0 Å². The fourth-order valence-corrected chi connectivity index (χ4v) is 3.37. The zero-order chi connectivity index (χ0) is 11.1. The molecule has 2 aliphatic rings. The average Bonchev–Trinajstić information content (AvgIpc) is 2.85. The van der Waals surface area contributed by atoms with Gasteiger partial charge in [0, 0.05) is 0 Å². The minimum atomic E-state index is 0.163. The fourth-order valence-electron chi connectivity index (χ4n) is 3.37. The van der Waals surface area contributed by atoms with Crippen LogP contribution in [0.3, 0.4) is 0 Å². The number of rotatable bonds is 2. The molecule has 0 saturated heterocycles. The molecule has 0 unspecified atom stereocenters. The van der Waals surface area contributed by atoms with Gasteiger partial charge < -0.3 is 0 Å². The van der Waals surface area contributed by atoms with Gasteiger partial charge in [0.25, 0.3) is 0 Å². The van der Waals surface area contributed by atoms with Crippen molar-refractivity contribution < 1.29 is 4.79 Å². The molecule has 0 spiro atoms. The number of allylic oxidation sites excluding steroid dienone is 2. The lowest BCUT2D eigenvalue weighted by Gasteiger charge is -2.21. The fraction of sp³-hybridized carbons (Fsp3) is 0.400. The Morgan fingerprint density at radius 2 is 2.00 bits per heavy atom. The Morgan fingerprint density at radius 3 is 2.75 bits per heavy atom. The van der Waals surface area contributed by atoms with E-state index in [-0.39, 0.29) is 5.78 Å². The summed E-state index contributed by atoms with van der Waals surface area (Å²) in [5.74, 6) is 2.15. The molecule has 2 aliphatic carbocycles. The molecule has 16 heavy (non-hydrogen) atoms. The SMILES string of the molecule is CC(=O)/C=C/[C@H]1C[C@H]2C[C@@H]1c1ccccc12. The number of ketones is 1. The largest absolute Gasteiger partial charge is 0.295 e. The lowest BCUT2D eigenvalue weighted by molar-refractivity contribution is -0.112. The summed E-state index contributed by atoms with van der Waals surface area (Å²) in [4.78, 5) is 11.0. The Hall–Kier alpha value is -1.37. The molecule has 3 rings (SSSR count). The van der Waals surface area contributed by atoms with E-state index < -0.39 is 0 Å². The highest BCUT2D eigenvalue weighted by molar-refractivity contribution is 5.87. The van der Waals surface area contributed by atoms with E-state index >= 15 is 0 Å². The molecular weight excluding hydrogens is 196 g/mol. The normalized spacial score (nSPS) is 30.9. The molecular formula is C15H16O. The van der Waals surface area contributed by atoms with Gasteiger partial charge in [-0.15, -0.1) is 0 Å². The standard InChI is InChI=1S/C15H16O/c1-10(16)6-7-11-8-12-9-15(11)14-5-3-2-4-13(12)14/h2-7,11-12,15H,8-9H2,1H3/b7-6+/t11-,12-,15-/m0/s1. The number of hydrogen-bond donors (Lipinski definition) is 0. The molecule has 1 fully saturated rings. The van der Waals surface area contributed by atoms with E-state index in [4.69, 9.17) is 0 Å². The average molecular weight is 212 g/mol.